The molecule has 0 aromatic heterocycles. The van der Waals surface area contributed by atoms with Gasteiger partial charge >= 0.3 is 0 Å². The van der Waals surface area contributed by atoms with Gasteiger partial charge in [-0.3, -0.25) is 0 Å². The third-order valence-electron chi connectivity index (χ3n) is 4.51. The molecular formula is C22H44O. The molecule has 1 unspecified atom stereocenters. The zero-order valence-corrected chi connectivity index (χ0v) is 16.7. The second-order valence-corrected chi connectivity index (χ2v) is 6.82. The van der Waals surface area contributed by atoms with E-state index in [0.29, 0.717) is 6.42 Å². The van der Waals surface area contributed by atoms with Crippen LogP contribution in [0.3, 0.4) is 0 Å². The molecule has 0 saturated heterocycles. The van der Waals surface area contributed by atoms with Crippen molar-refractivity contribution in [2.45, 2.75) is 118 Å². The topological polar surface area (TPSA) is 17.1 Å². The molecule has 0 aromatic carbocycles. The molecule has 0 saturated carbocycles. The van der Waals surface area contributed by atoms with Crippen molar-refractivity contribution in [3.05, 3.63) is 12.2 Å². The van der Waals surface area contributed by atoms with E-state index in [1.165, 1.54) is 69.8 Å². The van der Waals surface area contributed by atoms with Crippen LogP contribution < -0.4 is 0 Å². The van der Waals surface area contributed by atoms with E-state index in [9.17, 15) is 4.79 Å². The molecule has 0 heterocycles. The van der Waals surface area contributed by atoms with Crippen molar-refractivity contribution in [2.75, 3.05) is 0 Å². The lowest BCUT2D eigenvalue weighted by Gasteiger charge is -2.15. The molecule has 1 heteroatoms. The highest BCUT2D eigenvalue weighted by molar-refractivity contribution is 5.48. The van der Waals surface area contributed by atoms with Crippen LogP contribution in [0.4, 0.5) is 0 Å². The van der Waals surface area contributed by atoms with Gasteiger partial charge < -0.3 is 4.79 Å². The highest BCUT2D eigenvalue weighted by Gasteiger charge is 2.06. The Morgan fingerprint density at radius 1 is 0.826 bits per heavy atom. The van der Waals surface area contributed by atoms with Crippen molar-refractivity contribution < 1.29 is 4.79 Å². The summed E-state index contributed by atoms with van der Waals surface area (Å²) >= 11 is 0. The number of carbonyl (C=O) groups is 1. The zero-order chi connectivity index (χ0) is 17.8. The quantitative estimate of drug-likeness (QED) is 0.170. The van der Waals surface area contributed by atoms with Gasteiger partial charge in [0.2, 0.25) is 0 Å². The molecule has 0 amide bonds. The van der Waals surface area contributed by atoms with Crippen LogP contribution in [0, 0.1) is 5.92 Å². The highest BCUT2D eigenvalue weighted by Crippen LogP contribution is 2.22. The van der Waals surface area contributed by atoms with E-state index < -0.39 is 0 Å². The third kappa shape index (κ3) is 21.4. The fourth-order valence-electron chi connectivity index (χ4n) is 2.73. The Morgan fingerprint density at radius 3 is 1.96 bits per heavy atom. The molecule has 138 valence electrons. The maximum atomic E-state index is 10.2. The Kier molecular flexibility index (Phi) is 23.0. The molecule has 0 aliphatic carbocycles. The van der Waals surface area contributed by atoms with E-state index in [4.69, 9.17) is 0 Å². The molecule has 0 spiro atoms. The van der Waals surface area contributed by atoms with E-state index in [0.717, 1.165) is 31.5 Å². The number of aldehydes is 1. The Bertz CT molecular complexity index is 242. The number of hydrogen-bond donors (Lipinski definition) is 0. The molecule has 1 atom stereocenters. The summed E-state index contributed by atoms with van der Waals surface area (Å²) in [5.74, 6) is 0.892. The number of rotatable bonds is 15. The third-order valence-corrected chi connectivity index (χ3v) is 4.51. The Morgan fingerprint density at radius 2 is 1.48 bits per heavy atom. The Labute approximate surface area is 147 Å². The van der Waals surface area contributed by atoms with Gasteiger partial charge in [-0.15, -0.1) is 0 Å². The van der Waals surface area contributed by atoms with E-state index in [1.54, 1.807) is 0 Å². The molecule has 0 N–H and O–H groups in total. The standard InChI is InChI=1S/C17H32O.C5H12/c1-4-6-8-12-17(5-2)14-13-16(3)11-9-7-10-15-18;1-3-5-4-2/h15,17H,3-14H2,1-2H3;3-5H2,1-2H3. The van der Waals surface area contributed by atoms with Crippen LogP contribution in [0.25, 0.3) is 0 Å². The van der Waals surface area contributed by atoms with Gasteiger partial charge in [-0.25, -0.2) is 0 Å². The van der Waals surface area contributed by atoms with Crippen LogP contribution in [-0.2, 0) is 4.79 Å². The first-order valence-corrected chi connectivity index (χ1v) is 10.3. The van der Waals surface area contributed by atoms with Gasteiger partial charge in [0.15, 0.2) is 0 Å². The predicted octanol–water partition coefficient (Wildman–Crippen LogP) is 7.89. The van der Waals surface area contributed by atoms with Gasteiger partial charge in [0.05, 0.1) is 0 Å². The summed E-state index contributed by atoms with van der Waals surface area (Å²) in [5.41, 5.74) is 1.38. The van der Waals surface area contributed by atoms with Crippen LogP contribution in [0.2, 0.25) is 0 Å². The second-order valence-electron chi connectivity index (χ2n) is 6.82. The minimum absolute atomic E-state index is 0.710. The molecule has 0 radical (unpaired) electrons. The summed E-state index contributed by atoms with van der Waals surface area (Å²) in [6, 6.07) is 0. The van der Waals surface area contributed by atoms with E-state index in [-0.39, 0.29) is 0 Å². The maximum absolute atomic E-state index is 10.2. The van der Waals surface area contributed by atoms with Crippen molar-refractivity contribution in [1.29, 1.82) is 0 Å². The maximum Gasteiger partial charge on any atom is 0.119 e. The number of unbranched alkanes of at least 4 members (excludes halogenated alkanes) is 6. The molecule has 0 aliphatic rings. The summed E-state index contributed by atoms with van der Waals surface area (Å²) in [5, 5.41) is 0. The monoisotopic (exact) mass is 324 g/mol. The average Bonchev–Trinajstić information content (AvgIpc) is 2.56. The zero-order valence-electron chi connectivity index (χ0n) is 16.7. The molecular weight excluding hydrogens is 280 g/mol. The second kappa shape index (κ2) is 21.4. The number of carbonyl (C=O) groups excluding carboxylic acids is 1. The summed E-state index contributed by atoms with van der Waals surface area (Å²) in [6.45, 7) is 13.2. The van der Waals surface area contributed by atoms with Gasteiger partial charge in [-0.2, -0.15) is 0 Å². The first kappa shape index (κ1) is 24.7. The lowest BCUT2D eigenvalue weighted by atomic mass is 9.91. The fraction of sp³-hybridized carbons (Fsp3) is 0.864. The van der Waals surface area contributed by atoms with Gasteiger partial charge in [0.25, 0.3) is 0 Å². The smallest absolute Gasteiger partial charge is 0.119 e. The average molecular weight is 325 g/mol. The molecule has 0 rings (SSSR count). The van der Waals surface area contributed by atoms with Crippen molar-refractivity contribution in [3.63, 3.8) is 0 Å². The number of allylic oxidation sites excluding steroid dienone is 1. The minimum Gasteiger partial charge on any atom is -0.303 e. The molecule has 0 fully saturated rings. The first-order chi connectivity index (χ1) is 11.2. The van der Waals surface area contributed by atoms with Crippen molar-refractivity contribution >= 4 is 6.29 Å². The Balaban J connectivity index is 0. The van der Waals surface area contributed by atoms with Crippen LogP contribution in [-0.4, -0.2) is 6.29 Å². The van der Waals surface area contributed by atoms with Crippen molar-refractivity contribution in [1.82, 2.24) is 0 Å². The van der Waals surface area contributed by atoms with Crippen LogP contribution in [0.15, 0.2) is 12.2 Å². The number of hydrogen-bond acceptors (Lipinski definition) is 1. The predicted molar refractivity (Wildman–Crippen MR) is 106 cm³/mol. The summed E-state index contributed by atoms with van der Waals surface area (Å²) < 4.78 is 0. The lowest BCUT2D eigenvalue weighted by molar-refractivity contribution is -0.107. The van der Waals surface area contributed by atoms with Crippen LogP contribution in [0.5, 0.6) is 0 Å². The van der Waals surface area contributed by atoms with E-state index >= 15 is 0 Å². The molecule has 0 bridgehead atoms. The first-order valence-electron chi connectivity index (χ1n) is 10.3. The van der Waals surface area contributed by atoms with Gasteiger partial charge in [0.1, 0.15) is 6.29 Å². The van der Waals surface area contributed by atoms with E-state index in [1.807, 2.05) is 0 Å². The SMILES string of the molecule is C=C(CCCCC=O)CCC(CC)CCCCC.CCCCC. The summed E-state index contributed by atoms with van der Waals surface area (Å²) in [4.78, 5) is 10.2. The summed E-state index contributed by atoms with van der Waals surface area (Å²) in [7, 11) is 0. The largest absolute Gasteiger partial charge is 0.303 e. The van der Waals surface area contributed by atoms with Gasteiger partial charge in [-0.1, -0.05) is 91.2 Å². The van der Waals surface area contributed by atoms with Crippen LogP contribution in [0.1, 0.15) is 118 Å². The van der Waals surface area contributed by atoms with Crippen molar-refractivity contribution in [2.24, 2.45) is 5.92 Å². The Hall–Kier alpha value is -0.590. The molecule has 0 aromatic rings. The summed E-state index contributed by atoms with van der Waals surface area (Å²) in [6.07, 6.45) is 18.4. The van der Waals surface area contributed by atoms with Gasteiger partial charge in [-0.05, 0) is 38.0 Å². The molecule has 23 heavy (non-hydrogen) atoms. The minimum atomic E-state index is 0.710. The van der Waals surface area contributed by atoms with Gasteiger partial charge in [0, 0.05) is 6.42 Å². The molecule has 0 aliphatic heterocycles. The molecule has 1 nitrogen and oxygen atoms in total. The van der Waals surface area contributed by atoms with E-state index in [2.05, 4.69) is 34.3 Å². The fourth-order valence-corrected chi connectivity index (χ4v) is 2.73. The normalized spacial score (nSPS) is 11.5. The van der Waals surface area contributed by atoms with Crippen LogP contribution >= 0.6 is 0 Å². The lowest BCUT2D eigenvalue weighted by Crippen LogP contribution is -2.00. The highest BCUT2D eigenvalue weighted by atomic mass is 16.1. The van der Waals surface area contributed by atoms with Crippen molar-refractivity contribution in [3.8, 4) is 0 Å².